The molecular weight excluding hydrogens is 355 g/mol. The number of nitrogens with zero attached hydrogens (tertiary/aromatic N) is 1. The summed E-state index contributed by atoms with van der Waals surface area (Å²) in [5.74, 6) is 2.51. The highest BCUT2D eigenvalue weighted by Gasteiger charge is 2.03. The SMILES string of the molecule is CO/C=C\C=C\CNCp1ccn1/C=C(\C)c1ccc(CCC(C)=O)cc1. The molecule has 0 aliphatic heterocycles. The zero-order valence-corrected chi connectivity index (χ0v) is 17.3. The summed E-state index contributed by atoms with van der Waals surface area (Å²) in [5, 5.41) is 3.46. The number of hydrogen-bond donors (Lipinski definition) is 1. The van der Waals surface area contributed by atoms with Crippen molar-refractivity contribution in [1.29, 1.82) is 0 Å². The number of aryl methyl sites for hydroxylation is 1. The first-order valence-corrected chi connectivity index (χ1v) is 10.7. The van der Waals surface area contributed by atoms with Gasteiger partial charge in [0.05, 0.1) is 13.4 Å². The maximum Gasteiger partial charge on any atom is 0.130 e. The minimum absolute atomic E-state index is 0.239. The average Bonchev–Trinajstić information content (AvgIpc) is 2.65. The van der Waals surface area contributed by atoms with E-state index in [1.165, 1.54) is 16.7 Å². The van der Waals surface area contributed by atoms with Gasteiger partial charge in [-0.1, -0.05) is 36.4 Å². The fraction of sp³-hybridized carbons (Fsp3) is 0.318. The number of nitrogens with one attached hydrogen (secondary N) is 1. The third kappa shape index (κ3) is 7.46. The Balaban J connectivity index is 1.85. The lowest BCUT2D eigenvalue weighted by molar-refractivity contribution is -0.116. The normalized spacial score (nSPS) is 13.0. The molecule has 1 unspecified atom stereocenters. The highest BCUT2D eigenvalue weighted by atomic mass is 31.1. The Morgan fingerprint density at radius 3 is 2.63 bits per heavy atom. The van der Waals surface area contributed by atoms with Crippen molar-refractivity contribution in [2.75, 3.05) is 13.7 Å². The van der Waals surface area contributed by atoms with Gasteiger partial charge in [-0.3, -0.25) is 0 Å². The van der Waals surface area contributed by atoms with E-state index < -0.39 is 0 Å². The van der Waals surface area contributed by atoms with Crippen LogP contribution in [0.4, 0.5) is 0 Å². The fourth-order valence-corrected chi connectivity index (χ4v) is 3.97. The minimum atomic E-state index is -0.280. The lowest BCUT2D eigenvalue weighted by Gasteiger charge is -2.16. The molecule has 0 radical (unpaired) electrons. The van der Waals surface area contributed by atoms with Crippen molar-refractivity contribution in [3.05, 3.63) is 71.9 Å². The molecule has 0 aliphatic rings. The van der Waals surface area contributed by atoms with E-state index in [1.54, 1.807) is 20.3 Å². The molecule has 0 aliphatic carbocycles. The Morgan fingerprint density at radius 1 is 1.22 bits per heavy atom. The van der Waals surface area contributed by atoms with Crippen molar-refractivity contribution < 1.29 is 9.53 Å². The molecular formula is C22H29N2O2P. The Hall–Kier alpha value is -2.29. The van der Waals surface area contributed by atoms with Gasteiger partial charge in [0, 0.05) is 31.6 Å². The van der Waals surface area contributed by atoms with Crippen LogP contribution in [0.2, 0.25) is 0 Å². The summed E-state index contributed by atoms with van der Waals surface area (Å²) in [6.45, 7) is 4.63. The molecule has 5 heteroatoms. The molecule has 2 aromatic rings. The lowest BCUT2D eigenvalue weighted by atomic mass is 10.0. The summed E-state index contributed by atoms with van der Waals surface area (Å²) in [4.78, 5) is 11.1. The Morgan fingerprint density at radius 2 is 2.00 bits per heavy atom. The molecule has 0 saturated carbocycles. The molecule has 0 bridgehead atoms. The van der Waals surface area contributed by atoms with Gasteiger partial charge >= 0.3 is 0 Å². The van der Waals surface area contributed by atoms with E-state index in [2.05, 4.69) is 65.1 Å². The molecule has 1 aromatic carbocycles. The van der Waals surface area contributed by atoms with E-state index in [0.29, 0.717) is 6.42 Å². The number of methoxy groups -OCH3 is 1. The number of aromatic nitrogens is 1. The second-order valence-corrected chi connectivity index (χ2v) is 8.39. The van der Waals surface area contributed by atoms with E-state index >= 15 is 0 Å². The monoisotopic (exact) mass is 384 g/mol. The molecule has 2 rings (SSSR count). The van der Waals surface area contributed by atoms with Crippen molar-refractivity contribution in [1.82, 2.24) is 9.65 Å². The van der Waals surface area contributed by atoms with Gasteiger partial charge in [0.25, 0.3) is 0 Å². The number of carbonyl (C=O) groups is 1. The van der Waals surface area contributed by atoms with E-state index in [0.717, 1.165) is 19.3 Å². The average molecular weight is 384 g/mol. The first kappa shape index (κ1) is 21.0. The van der Waals surface area contributed by atoms with Gasteiger partial charge in [-0.2, -0.15) is 0 Å². The Labute approximate surface area is 163 Å². The highest BCUT2D eigenvalue weighted by molar-refractivity contribution is 7.45. The van der Waals surface area contributed by atoms with Crippen molar-refractivity contribution in [3.8, 4) is 0 Å². The number of benzene rings is 1. The second kappa shape index (κ2) is 11.4. The number of hydrogen-bond acceptors (Lipinski definition) is 3. The van der Waals surface area contributed by atoms with Gasteiger partial charge in [-0.25, -0.2) is 0 Å². The van der Waals surface area contributed by atoms with Gasteiger partial charge in [0.1, 0.15) is 5.78 Å². The number of ketones is 1. The van der Waals surface area contributed by atoms with Crippen LogP contribution in [0.15, 0.2) is 60.8 Å². The minimum Gasteiger partial charge on any atom is -0.504 e. The van der Waals surface area contributed by atoms with Crippen LogP contribution in [0.1, 0.15) is 31.4 Å². The molecule has 1 heterocycles. The van der Waals surface area contributed by atoms with Gasteiger partial charge in [-0.05, 0) is 56.5 Å². The van der Waals surface area contributed by atoms with Gasteiger partial charge in [0.15, 0.2) is 0 Å². The smallest absolute Gasteiger partial charge is 0.130 e. The Bertz CT molecular complexity index is 795. The Kier molecular flexibility index (Phi) is 8.90. The van der Waals surface area contributed by atoms with Crippen molar-refractivity contribution in [2.45, 2.75) is 33.0 Å². The van der Waals surface area contributed by atoms with Crippen molar-refractivity contribution >= 4 is 25.2 Å². The number of allylic oxidation sites excluding steroid dienone is 3. The van der Waals surface area contributed by atoms with Crippen molar-refractivity contribution in [2.24, 2.45) is 0 Å². The molecule has 1 N–H and O–H groups in total. The largest absolute Gasteiger partial charge is 0.504 e. The molecule has 0 saturated heterocycles. The zero-order valence-electron chi connectivity index (χ0n) is 16.4. The molecule has 27 heavy (non-hydrogen) atoms. The second-order valence-electron chi connectivity index (χ2n) is 6.43. The predicted molar refractivity (Wildman–Crippen MR) is 116 cm³/mol. The van der Waals surface area contributed by atoms with Crippen LogP contribution in [0.3, 0.4) is 0 Å². The van der Waals surface area contributed by atoms with E-state index in [9.17, 15) is 4.79 Å². The van der Waals surface area contributed by atoms with Crippen LogP contribution in [-0.4, -0.2) is 23.8 Å². The predicted octanol–water partition coefficient (Wildman–Crippen LogP) is 5.28. The van der Waals surface area contributed by atoms with Crippen LogP contribution < -0.4 is 5.32 Å². The van der Waals surface area contributed by atoms with Gasteiger partial charge in [0.2, 0.25) is 0 Å². The summed E-state index contributed by atoms with van der Waals surface area (Å²) in [7, 11) is 1.36. The fourth-order valence-electron chi connectivity index (χ4n) is 2.55. The maximum absolute atomic E-state index is 11.1. The standard InChI is InChI=1S/C22H29N2O2P/c1-19(22-11-9-21(10-12-22)8-7-20(2)25)17-24-14-16-27(24)18-23-13-5-4-6-15-26-3/h4-6,9-12,14-17,23H,7-8,13,18H2,1-3H3/b5-4+,15-6-,19-17+. The maximum atomic E-state index is 11.1. The summed E-state index contributed by atoms with van der Waals surface area (Å²) in [6.07, 6.45) is 14.3. The molecule has 0 fully saturated rings. The molecule has 1 aromatic heterocycles. The molecule has 4 nitrogen and oxygen atoms in total. The summed E-state index contributed by atoms with van der Waals surface area (Å²) in [5.41, 5.74) is 3.68. The van der Waals surface area contributed by atoms with E-state index in [4.69, 9.17) is 4.74 Å². The first-order chi connectivity index (χ1) is 13.1. The summed E-state index contributed by atoms with van der Waals surface area (Å²) in [6, 6.07) is 8.53. The number of carbonyl (C=O) groups excluding carboxylic acids is 1. The third-order valence-electron chi connectivity index (χ3n) is 4.19. The number of rotatable bonds is 11. The highest BCUT2D eigenvalue weighted by Crippen LogP contribution is 2.32. The number of Topliss-reactive ketones (excluding diaryl/α,β-unsaturated/α-hetero) is 1. The quantitative estimate of drug-likeness (QED) is 0.326. The number of ether oxygens (including phenoxy) is 1. The molecule has 0 spiro atoms. The summed E-state index contributed by atoms with van der Waals surface area (Å²) >= 11 is 0. The van der Waals surface area contributed by atoms with Crippen LogP contribution in [0.25, 0.3) is 11.8 Å². The summed E-state index contributed by atoms with van der Waals surface area (Å²) < 4.78 is 7.15. The molecule has 1 atom stereocenters. The van der Waals surface area contributed by atoms with E-state index in [-0.39, 0.29) is 13.5 Å². The van der Waals surface area contributed by atoms with Gasteiger partial charge in [-0.15, -0.1) is 0 Å². The van der Waals surface area contributed by atoms with Crippen LogP contribution >= 0.6 is 7.69 Å². The van der Waals surface area contributed by atoms with Crippen LogP contribution in [0, 0.1) is 0 Å². The topological polar surface area (TPSA) is 43.3 Å². The molecule has 144 valence electrons. The zero-order chi connectivity index (χ0) is 19.5. The lowest BCUT2D eigenvalue weighted by Crippen LogP contribution is -2.11. The van der Waals surface area contributed by atoms with Gasteiger partial charge < -0.3 is 19.2 Å². The van der Waals surface area contributed by atoms with E-state index in [1.807, 2.05) is 12.2 Å². The molecule has 0 amide bonds. The van der Waals surface area contributed by atoms with Crippen LogP contribution in [0.5, 0.6) is 0 Å². The third-order valence-corrected chi connectivity index (χ3v) is 6.05. The van der Waals surface area contributed by atoms with Crippen LogP contribution in [-0.2, 0) is 22.2 Å². The van der Waals surface area contributed by atoms with Crippen molar-refractivity contribution in [3.63, 3.8) is 0 Å². The first-order valence-electron chi connectivity index (χ1n) is 9.15.